The van der Waals surface area contributed by atoms with E-state index in [1.54, 1.807) is 24.5 Å². The number of aromatic amines is 2. The van der Waals surface area contributed by atoms with E-state index >= 15 is 0 Å². The van der Waals surface area contributed by atoms with Crippen molar-refractivity contribution in [3.05, 3.63) is 59.6 Å². The molecule has 4 aromatic rings. The number of aromatic nitrogens is 4. The van der Waals surface area contributed by atoms with E-state index in [1.807, 2.05) is 30.3 Å². The van der Waals surface area contributed by atoms with E-state index in [-0.39, 0.29) is 11.9 Å². The molecule has 0 atom stereocenters. The van der Waals surface area contributed by atoms with Gasteiger partial charge >= 0.3 is 0 Å². The number of carbonyl (C=O) groups excluding carboxylic acids is 1. The summed E-state index contributed by atoms with van der Waals surface area (Å²) in [6.07, 6.45) is 1.72. The zero-order chi connectivity index (χ0) is 21.9. The molecule has 0 aliphatic carbocycles. The highest BCUT2D eigenvalue weighted by atomic mass is 32.1. The molecule has 0 saturated carbocycles. The molecule has 32 heavy (non-hydrogen) atoms. The van der Waals surface area contributed by atoms with Gasteiger partial charge in [0.1, 0.15) is 11.4 Å². The summed E-state index contributed by atoms with van der Waals surface area (Å²) in [6, 6.07) is 15.7. The fourth-order valence-electron chi connectivity index (χ4n) is 3.98. The average molecular weight is 449 g/mol. The number of benzene rings is 1. The molecule has 1 amide bonds. The van der Waals surface area contributed by atoms with Gasteiger partial charge in [0.05, 0.1) is 23.4 Å². The van der Waals surface area contributed by atoms with Crippen molar-refractivity contribution in [3.8, 4) is 27.6 Å². The number of piperidine rings is 1. The van der Waals surface area contributed by atoms with Gasteiger partial charge in [0.2, 0.25) is 0 Å². The largest absolute Gasteiger partial charge is 0.496 e. The topological polar surface area (TPSA) is 98.9 Å². The summed E-state index contributed by atoms with van der Waals surface area (Å²) in [6.45, 7) is 1.68. The normalized spacial score (nSPS) is 14.5. The first-order chi connectivity index (χ1) is 15.7. The highest BCUT2D eigenvalue weighted by molar-refractivity contribution is 7.13. The van der Waals surface area contributed by atoms with Crippen LogP contribution in [0.3, 0.4) is 0 Å². The lowest BCUT2D eigenvalue weighted by Crippen LogP contribution is -2.44. The van der Waals surface area contributed by atoms with E-state index in [9.17, 15) is 4.79 Å². The van der Waals surface area contributed by atoms with Gasteiger partial charge in [-0.1, -0.05) is 18.2 Å². The van der Waals surface area contributed by atoms with Crippen LogP contribution >= 0.6 is 11.3 Å². The van der Waals surface area contributed by atoms with Gasteiger partial charge in [0, 0.05) is 30.8 Å². The molecule has 1 aliphatic heterocycles. The number of rotatable bonds is 6. The highest BCUT2D eigenvalue weighted by Crippen LogP contribution is 2.29. The van der Waals surface area contributed by atoms with Crippen LogP contribution in [0.25, 0.3) is 21.8 Å². The minimum atomic E-state index is -0.142. The van der Waals surface area contributed by atoms with Crippen LogP contribution < -0.4 is 15.0 Å². The molecule has 3 N–H and O–H groups in total. The molecule has 164 valence electrons. The lowest BCUT2D eigenvalue weighted by atomic mass is 10.0. The predicted octanol–water partition coefficient (Wildman–Crippen LogP) is 3.94. The number of hydrogen-bond donors (Lipinski definition) is 3. The van der Waals surface area contributed by atoms with Crippen LogP contribution in [0.5, 0.6) is 5.75 Å². The first-order valence-corrected chi connectivity index (χ1v) is 11.4. The smallest absolute Gasteiger partial charge is 0.269 e. The van der Waals surface area contributed by atoms with Gasteiger partial charge in [-0.25, -0.2) is 0 Å². The molecule has 8 nitrogen and oxygen atoms in total. The van der Waals surface area contributed by atoms with Gasteiger partial charge in [-0.3, -0.25) is 15.0 Å². The van der Waals surface area contributed by atoms with E-state index in [0.29, 0.717) is 11.4 Å². The van der Waals surface area contributed by atoms with Crippen molar-refractivity contribution in [2.75, 3.05) is 25.1 Å². The number of amides is 1. The van der Waals surface area contributed by atoms with Crippen LogP contribution in [0.15, 0.2) is 53.9 Å². The lowest BCUT2D eigenvalue weighted by molar-refractivity contribution is 0.0926. The van der Waals surface area contributed by atoms with Gasteiger partial charge in [-0.2, -0.15) is 10.2 Å². The average Bonchev–Trinajstić information content (AvgIpc) is 3.61. The maximum atomic E-state index is 12.8. The molecular formula is C23H24N6O2S. The minimum Gasteiger partial charge on any atom is -0.496 e. The van der Waals surface area contributed by atoms with Crippen LogP contribution in [0.4, 0.5) is 5.82 Å². The zero-order valence-corrected chi connectivity index (χ0v) is 18.5. The summed E-state index contributed by atoms with van der Waals surface area (Å²) in [4.78, 5) is 16.2. The quantitative estimate of drug-likeness (QED) is 0.415. The lowest BCUT2D eigenvalue weighted by Gasteiger charge is -2.32. The number of ether oxygens (including phenoxy) is 1. The number of thiophene rings is 1. The molecule has 5 rings (SSSR count). The van der Waals surface area contributed by atoms with Gasteiger partial charge in [-0.05, 0) is 42.5 Å². The molecule has 0 bridgehead atoms. The monoisotopic (exact) mass is 448 g/mol. The third-order valence-electron chi connectivity index (χ3n) is 5.71. The van der Waals surface area contributed by atoms with Crippen LogP contribution in [-0.4, -0.2) is 52.5 Å². The van der Waals surface area contributed by atoms with Crippen LogP contribution in [0.2, 0.25) is 0 Å². The Morgan fingerprint density at radius 2 is 1.97 bits per heavy atom. The molecule has 0 radical (unpaired) electrons. The highest BCUT2D eigenvalue weighted by Gasteiger charge is 2.24. The standard InChI is InChI=1S/C23H24N6O2S/c1-31-20-6-3-2-5-16(20)17-13-19(27-25-17)23(30)24-15-8-10-29(11-9-15)22-14-18(26-28-22)21-7-4-12-32-21/h2-7,12-15H,8-11H2,1H3,(H,24,30)(H,25,27)(H,26,28). The zero-order valence-electron chi connectivity index (χ0n) is 17.7. The van der Waals surface area contributed by atoms with Crippen LogP contribution in [-0.2, 0) is 0 Å². The summed E-state index contributed by atoms with van der Waals surface area (Å²) in [5, 5.41) is 19.9. The summed E-state index contributed by atoms with van der Waals surface area (Å²) in [7, 11) is 1.62. The number of anilines is 1. The Morgan fingerprint density at radius 1 is 1.12 bits per heavy atom. The molecule has 0 unspecified atom stereocenters. The Labute approximate surface area is 189 Å². The van der Waals surface area contributed by atoms with Gasteiger partial charge in [0.15, 0.2) is 5.82 Å². The third-order valence-corrected chi connectivity index (χ3v) is 6.61. The van der Waals surface area contributed by atoms with E-state index in [1.165, 1.54) is 4.88 Å². The number of para-hydroxylation sites is 1. The molecule has 1 aliphatic rings. The van der Waals surface area contributed by atoms with Crippen molar-refractivity contribution in [1.29, 1.82) is 0 Å². The number of methoxy groups -OCH3 is 1. The molecular weight excluding hydrogens is 424 g/mol. The van der Waals surface area contributed by atoms with E-state index in [0.717, 1.165) is 48.8 Å². The molecule has 0 spiro atoms. The van der Waals surface area contributed by atoms with Crippen molar-refractivity contribution in [3.63, 3.8) is 0 Å². The van der Waals surface area contributed by atoms with Crippen molar-refractivity contribution in [2.45, 2.75) is 18.9 Å². The predicted molar refractivity (Wildman–Crippen MR) is 125 cm³/mol. The third kappa shape index (κ3) is 4.11. The SMILES string of the molecule is COc1ccccc1-c1cc(C(=O)NC2CCN(c3cc(-c4cccs4)[nH]n3)CC2)[nH]n1. The van der Waals surface area contributed by atoms with Crippen LogP contribution in [0.1, 0.15) is 23.3 Å². The van der Waals surface area contributed by atoms with Crippen LogP contribution in [0, 0.1) is 0 Å². The second-order valence-corrected chi connectivity index (χ2v) is 8.67. The molecule has 4 heterocycles. The number of nitrogens with one attached hydrogen (secondary N) is 3. The Kier molecular flexibility index (Phi) is 5.64. The Balaban J connectivity index is 1.18. The van der Waals surface area contributed by atoms with Crippen molar-refractivity contribution >= 4 is 23.1 Å². The minimum absolute atomic E-state index is 0.118. The van der Waals surface area contributed by atoms with Crippen molar-refractivity contribution < 1.29 is 9.53 Å². The Bertz CT molecular complexity index is 1190. The Morgan fingerprint density at radius 3 is 2.75 bits per heavy atom. The van der Waals surface area contributed by atoms with E-state index in [2.05, 4.69) is 48.1 Å². The summed E-state index contributed by atoms with van der Waals surface area (Å²) < 4.78 is 5.39. The number of H-pyrrole nitrogens is 2. The van der Waals surface area contributed by atoms with Gasteiger partial charge in [0.25, 0.3) is 5.91 Å². The van der Waals surface area contributed by atoms with Crippen molar-refractivity contribution in [1.82, 2.24) is 25.7 Å². The first-order valence-electron chi connectivity index (χ1n) is 10.5. The summed E-state index contributed by atoms with van der Waals surface area (Å²) in [5.41, 5.74) is 3.01. The fourth-order valence-corrected chi connectivity index (χ4v) is 4.67. The van der Waals surface area contributed by atoms with E-state index < -0.39 is 0 Å². The maximum Gasteiger partial charge on any atom is 0.269 e. The molecule has 3 aromatic heterocycles. The second-order valence-electron chi connectivity index (χ2n) is 7.72. The summed E-state index contributed by atoms with van der Waals surface area (Å²) >= 11 is 1.69. The Hall–Kier alpha value is -3.59. The second kappa shape index (κ2) is 8.88. The van der Waals surface area contributed by atoms with Gasteiger partial charge < -0.3 is 15.0 Å². The first kappa shape index (κ1) is 20.3. The van der Waals surface area contributed by atoms with E-state index in [4.69, 9.17) is 4.74 Å². The number of carbonyl (C=O) groups is 1. The van der Waals surface area contributed by atoms with Gasteiger partial charge in [-0.15, -0.1) is 11.3 Å². The maximum absolute atomic E-state index is 12.8. The molecule has 9 heteroatoms. The molecule has 1 fully saturated rings. The molecule has 1 saturated heterocycles. The summed E-state index contributed by atoms with van der Waals surface area (Å²) in [5.74, 6) is 1.53. The number of nitrogens with zero attached hydrogens (tertiary/aromatic N) is 3. The number of hydrogen-bond acceptors (Lipinski definition) is 6. The fraction of sp³-hybridized carbons (Fsp3) is 0.261. The van der Waals surface area contributed by atoms with Crippen molar-refractivity contribution in [2.24, 2.45) is 0 Å². The molecule has 1 aromatic carbocycles.